The van der Waals surface area contributed by atoms with Gasteiger partial charge in [0.25, 0.3) is 5.95 Å². The van der Waals surface area contributed by atoms with Gasteiger partial charge in [0.15, 0.2) is 17.7 Å². The van der Waals surface area contributed by atoms with Crippen molar-refractivity contribution in [1.82, 2.24) is 19.5 Å². The first kappa shape index (κ1) is 17.9. The number of aromatic nitrogens is 4. The number of thiophene rings is 1. The maximum absolute atomic E-state index is 10.2. The highest BCUT2D eigenvalue weighted by Crippen LogP contribution is 2.32. The molecule has 0 amide bonds. The van der Waals surface area contributed by atoms with Crippen LogP contribution in [0, 0.1) is 0 Å². The molecule has 1 aliphatic heterocycles. The van der Waals surface area contributed by atoms with Gasteiger partial charge in [0.2, 0.25) is 0 Å². The van der Waals surface area contributed by atoms with Gasteiger partial charge in [0.05, 0.1) is 19.5 Å². The van der Waals surface area contributed by atoms with Crippen molar-refractivity contribution in [2.24, 2.45) is 10.2 Å². The molecule has 0 aromatic carbocycles. The van der Waals surface area contributed by atoms with Crippen molar-refractivity contribution < 1.29 is 20.1 Å². The average molecular weight is 391 g/mol. The van der Waals surface area contributed by atoms with Gasteiger partial charge in [-0.1, -0.05) is 6.07 Å². The summed E-state index contributed by atoms with van der Waals surface area (Å²) >= 11 is 1.57. The molecular formula is C15H17N7O4S. The molecule has 3 aromatic heterocycles. The molecule has 1 saturated heterocycles. The van der Waals surface area contributed by atoms with E-state index in [1.165, 1.54) is 10.9 Å². The number of hydrogen-bond donors (Lipinski definition) is 4. The molecule has 1 unspecified atom stereocenters. The van der Waals surface area contributed by atoms with Crippen LogP contribution in [0.4, 0.5) is 11.8 Å². The first-order chi connectivity index (χ1) is 13.1. The fourth-order valence-electron chi connectivity index (χ4n) is 2.84. The Balaban J connectivity index is 1.65. The second-order valence-electron chi connectivity index (χ2n) is 5.94. The molecule has 4 heterocycles. The highest BCUT2D eigenvalue weighted by Gasteiger charge is 2.44. The minimum absolute atomic E-state index is 0.0463. The van der Waals surface area contributed by atoms with Crippen molar-refractivity contribution in [3.05, 3.63) is 28.7 Å². The second kappa shape index (κ2) is 7.25. The Bertz CT molecular complexity index is 961. The summed E-state index contributed by atoms with van der Waals surface area (Å²) in [5.41, 5.74) is 6.52. The predicted molar refractivity (Wildman–Crippen MR) is 95.3 cm³/mol. The van der Waals surface area contributed by atoms with E-state index in [1.54, 1.807) is 11.3 Å². The lowest BCUT2D eigenvalue weighted by molar-refractivity contribution is -0.0511. The van der Waals surface area contributed by atoms with E-state index >= 15 is 0 Å². The number of aliphatic hydroxyl groups excluding tert-OH is 3. The molecule has 0 bridgehead atoms. The van der Waals surface area contributed by atoms with Crippen molar-refractivity contribution in [3.8, 4) is 0 Å². The zero-order chi connectivity index (χ0) is 19.0. The van der Waals surface area contributed by atoms with Crippen molar-refractivity contribution >= 4 is 34.3 Å². The number of nitrogens with two attached hydrogens (primary N) is 1. The van der Waals surface area contributed by atoms with Crippen LogP contribution >= 0.6 is 11.3 Å². The van der Waals surface area contributed by atoms with Crippen LogP contribution in [0.25, 0.3) is 11.2 Å². The van der Waals surface area contributed by atoms with Crippen molar-refractivity contribution in [2.75, 3.05) is 12.3 Å². The molecule has 4 rings (SSSR count). The lowest BCUT2D eigenvalue weighted by Crippen LogP contribution is -2.33. The second-order valence-corrected chi connectivity index (χ2v) is 6.97. The lowest BCUT2D eigenvalue weighted by atomic mass is 10.1. The molecule has 0 aliphatic carbocycles. The number of nitrogens with zero attached hydrogens (tertiary/aromatic N) is 6. The fourth-order valence-corrected chi connectivity index (χ4v) is 3.46. The molecule has 1 aliphatic rings. The monoisotopic (exact) mass is 391 g/mol. The topological polar surface area (TPSA) is 164 Å². The number of rotatable bonds is 5. The van der Waals surface area contributed by atoms with Crippen LogP contribution in [-0.2, 0) is 11.3 Å². The standard InChI is InChI=1S/C15H17N7O4S/c16-12-9-13(20-15(19-12)21-18-4-7-2-1-3-27-7)22(6-17-9)14-11(25)10(24)8(5-23)26-14/h1-3,6,8,10-11,14,23-25H,4-5H2,(H2,16,19,20)/t8-,10-,11-,14?/m1/s1. The van der Waals surface area contributed by atoms with E-state index in [2.05, 4.69) is 25.2 Å². The van der Waals surface area contributed by atoms with Gasteiger partial charge in [-0.2, -0.15) is 15.1 Å². The van der Waals surface area contributed by atoms with E-state index in [1.807, 2.05) is 17.5 Å². The van der Waals surface area contributed by atoms with E-state index in [0.29, 0.717) is 12.1 Å². The van der Waals surface area contributed by atoms with Gasteiger partial charge in [0.1, 0.15) is 23.8 Å². The SMILES string of the molecule is Nc1nc(N=NCc2cccs2)nc2c1ncn2C1O[C@H](CO)[C@@H](O)[C@H]1O. The maximum Gasteiger partial charge on any atom is 0.272 e. The van der Waals surface area contributed by atoms with Gasteiger partial charge in [-0.25, -0.2) is 4.98 Å². The van der Waals surface area contributed by atoms with Crippen molar-refractivity contribution in [1.29, 1.82) is 0 Å². The van der Waals surface area contributed by atoms with Crippen molar-refractivity contribution in [2.45, 2.75) is 31.1 Å². The van der Waals surface area contributed by atoms with E-state index in [4.69, 9.17) is 10.5 Å². The number of anilines is 1. The first-order valence-electron chi connectivity index (χ1n) is 8.11. The highest BCUT2D eigenvalue weighted by molar-refractivity contribution is 7.09. The molecule has 4 atom stereocenters. The third-order valence-electron chi connectivity index (χ3n) is 4.19. The van der Waals surface area contributed by atoms with Crippen molar-refractivity contribution in [3.63, 3.8) is 0 Å². The van der Waals surface area contributed by atoms with Gasteiger partial charge >= 0.3 is 0 Å². The van der Waals surface area contributed by atoms with Gasteiger partial charge in [0, 0.05) is 4.88 Å². The molecule has 3 aromatic rings. The van der Waals surface area contributed by atoms with E-state index in [-0.39, 0.29) is 17.4 Å². The summed E-state index contributed by atoms with van der Waals surface area (Å²) in [6.45, 7) is -0.0340. The van der Waals surface area contributed by atoms with Gasteiger partial charge in [-0.15, -0.1) is 16.5 Å². The Labute approximate surface area is 156 Å². The molecule has 142 valence electrons. The molecule has 0 radical (unpaired) electrons. The summed E-state index contributed by atoms with van der Waals surface area (Å²) in [4.78, 5) is 13.5. The maximum atomic E-state index is 10.2. The van der Waals surface area contributed by atoms with Gasteiger partial charge in [-0.05, 0) is 11.4 Å². The van der Waals surface area contributed by atoms with Crippen LogP contribution in [0.15, 0.2) is 34.1 Å². The zero-order valence-electron chi connectivity index (χ0n) is 14.0. The number of fused-ring (bicyclic) bond motifs is 1. The smallest absolute Gasteiger partial charge is 0.272 e. The zero-order valence-corrected chi connectivity index (χ0v) is 14.8. The number of aliphatic hydroxyl groups is 3. The molecular weight excluding hydrogens is 374 g/mol. The van der Waals surface area contributed by atoms with E-state index in [0.717, 1.165) is 4.88 Å². The summed E-state index contributed by atoms with van der Waals surface area (Å²) in [5, 5.41) is 39.5. The van der Waals surface area contributed by atoms with Gasteiger partial charge < -0.3 is 25.8 Å². The Morgan fingerprint density at radius 3 is 2.85 bits per heavy atom. The Hall–Kier alpha value is -2.51. The molecule has 0 spiro atoms. The molecule has 1 fully saturated rings. The number of hydrogen-bond acceptors (Lipinski definition) is 11. The number of azo groups is 1. The van der Waals surface area contributed by atoms with Crippen LogP contribution in [0.1, 0.15) is 11.1 Å². The molecule has 27 heavy (non-hydrogen) atoms. The normalized spacial score (nSPS) is 25.7. The van der Waals surface area contributed by atoms with Crippen LogP contribution < -0.4 is 5.73 Å². The summed E-state index contributed by atoms with van der Waals surface area (Å²) in [7, 11) is 0. The highest BCUT2D eigenvalue weighted by atomic mass is 32.1. The Kier molecular flexibility index (Phi) is 4.80. The minimum Gasteiger partial charge on any atom is -0.394 e. The molecule has 0 saturated carbocycles. The van der Waals surface area contributed by atoms with Crippen LogP contribution in [-0.4, -0.2) is 59.8 Å². The summed E-state index contributed by atoms with van der Waals surface area (Å²) in [5.74, 6) is 0.153. The summed E-state index contributed by atoms with van der Waals surface area (Å²) in [6.07, 6.45) is -3.01. The largest absolute Gasteiger partial charge is 0.394 e. The summed E-state index contributed by atoms with van der Waals surface area (Å²) in [6, 6.07) is 3.87. The number of ether oxygens (including phenoxy) is 1. The number of imidazole rings is 1. The van der Waals surface area contributed by atoms with Crippen LogP contribution in [0.3, 0.4) is 0 Å². The van der Waals surface area contributed by atoms with Crippen LogP contribution in [0.5, 0.6) is 0 Å². The third kappa shape index (κ3) is 3.28. The quantitative estimate of drug-likeness (QED) is 0.453. The molecule has 11 nitrogen and oxygen atoms in total. The Morgan fingerprint density at radius 1 is 1.30 bits per heavy atom. The third-order valence-corrected chi connectivity index (χ3v) is 5.06. The molecule has 5 N–H and O–H groups in total. The lowest BCUT2D eigenvalue weighted by Gasteiger charge is -2.16. The van der Waals surface area contributed by atoms with E-state index in [9.17, 15) is 15.3 Å². The molecule has 12 heteroatoms. The van der Waals surface area contributed by atoms with Gasteiger partial charge in [-0.3, -0.25) is 4.57 Å². The van der Waals surface area contributed by atoms with E-state index < -0.39 is 31.1 Å². The minimum atomic E-state index is -1.26. The Morgan fingerprint density at radius 2 is 2.15 bits per heavy atom. The summed E-state index contributed by atoms with van der Waals surface area (Å²) < 4.78 is 6.94. The predicted octanol–water partition coefficient (Wildman–Crippen LogP) is 0.365. The first-order valence-corrected chi connectivity index (χ1v) is 8.99. The van der Waals surface area contributed by atoms with Crippen LogP contribution in [0.2, 0.25) is 0 Å². The average Bonchev–Trinajstić information content (AvgIpc) is 3.37. The fraction of sp³-hybridized carbons (Fsp3) is 0.400. The number of nitrogen functional groups attached to an aromatic ring is 1.